The first-order valence-electron chi connectivity index (χ1n) is 6.02. The van der Waals surface area contributed by atoms with Gasteiger partial charge < -0.3 is 0 Å². The van der Waals surface area contributed by atoms with E-state index in [1.807, 2.05) is 6.92 Å². The predicted molar refractivity (Wildman–Crippen MR) is 78.6 cm³/mol. The summed E-state index contributed by atoms with van der Waals surface area (Å²) in [5.41, 5.74) is 0. The average Bonchev–Trinajstić information content (AvgIpc) is 2.77. The van der Waals surface area contributed by atoms with Gasteiger partial charge in [0.25, 0.3) is 0 Å². The number of nitrogens with zero attached hydrogens (tertiary/aromatic N) is 1. The largest absolute Gasteiger partial charge is 0.244 e. The summed E-state index contributed by atoms with van der Waals surface area (Å²) in [5.74, 6) is -0.587. The summed E-state index contributed by atoms with van der Waals surface area (Å²) >= 11 is 17.2. The van der Waals surface area contributed by atoms with Gasteiger partial charge >= 0.3 is 0 Å². The highest BCUT2D eigenvalue weighted by molar-refractivity contribution is 7.89. The maximum atomic E-state index is 13.7. The van der Waals surface area contributed by atoms with Gasteiger partial charge in [0, 0.05) is 18.5 Å². The van der Waals surface area contributed by atoms with Crippen molar-refractivity contribution in [2.75, 3.05) is 12.4 Å². The second kappa shape index (κ2) is 5.97. The van der Waals surface area contributed by atoms with Crippen molar-refractivity contribution in [1.29, 1.82) is 0 Å². The van der Waals surface area contributed by atoms with E-state index in [1.54, 1.807) is 0 Å². The molecule has 1 aliphatic heterocycles. The molecular weight excluding hydrogens is 348 g/mol. The molecule has 0 aromatic heterocycles. The molecule has 2 atom stereocenters. The summed E-state index contributed by atoms with van der Waals surface area (Å²) in [7, 11) is -3.88. The fourth-order valence-corrected chi connectivity index (χ4v) is 5.34. The van der Waals surface area contributed by atoms with Crippen molar-refractivity contribution in [1.82, 2.24) is 4.31 Å². The Labute approximate surface area is 132 Å². The molecule has 112 valence electrons. The van der Waals surface area contributed by atoms with E-state index >= 15 is 0 Å². The van der Waals surface area contributed by atoms with Crippen molar-refractivity contribution < 1.29 is 12.8 Å². The van der Waals surface area contributed by atoms with E-state index in [4.69, 9.17) is 34.8 Å². The number of hydrogen-bond donors (Lipinski definition) is 0. The highest BCUT2D eigenvalue weighted by atomic mass is 35.5. The molecule has 1 saturated heterocycles. The van der Waals surface area contributed by atoms with Crippen LogP contribution in [0.3, 0.4) is 0 Å². The van der Waals surface area contributed by atoms with Crippen LogP contribution in [0.15, 0.2) is 17.0 Å². The molecule has 20 heavy (non-hydrogen) atoms. The third-order valence-electron chi connectivity index (χ3n) is 3.58. The zero-order valence-electron chi connectivity index (χ0n) is 10.6. The molecular formula is C12H13Cl3FNO2S. The van der Waals surface area contributed by atoms with E-state index < -0.39 is 20.9 Å². The highest BCUT2D eigenvalue weighted by Gasteiger charge is 2.40. The Hall–Kier alpha value is -0.0700. The van der Waals surface area contributed by atoms with Crippen LogP contribution in [0.25, 0.3) is 0 Å². The summed E-state index contributed by atoms with van der Waals surface area (Å²) in [4.78, 5) is -0.273. The molecule has 0 N–H and O–H groups in total. The first-order valence-corrected chi connectivity index (χ1v) is 8.75. The first kappa shape index (κ1) is 16.3. The minimum absolute atomic E-state index is 0.151. The molecule has 8 heteroatoms. The minimum atomic E-state index is -3.88. The van der Waals surface area contributed by atoms with E-state index in [0.717, 1.165) is 0 Å². The monoisotopic (exact) mass is 359 g/mol. The van der Waals surface area contributed by atoms with Crippen LogP contribution in [0.1, 0.15) is 13.3 Å². The summed E-state index contributed by atoms with van der Waals surface area (Å²) in [6.45, 7) is 2.29. The highest BCUT2D eigenvalue weighted by Crippen LogP contribution is 2.35. The number of rotatable bonds is 3. The number of alkyl halides is 1. The lowest BCUT2D eigenvalue weighted by Crippen LogP contribution is -2.38. The van der Waals surface area contributed by atoms with E-state index in [9.17, 15) is 12.8 Å². The van der Waals surface area contributed by atoms with E-state index in [0.29, 0.717) is 13.0 Å². The fraction of sp³-hybridized carbons (Fsp3) is 0.500. The van der Waals surface area contributed by atoms with Crippen LogP contribution in [0, 0.1) is 11.7 Å². The molecule has 3 nitrogen and oxygen atoms in total. The van der Waals surface area contributed by atoms with Crippen LogP contribution in [-0.2, 0) is 10.0 Å². The van der Waals surface area contributed by atoms with E-state index in [2.05, 4.69) is 0 Å². The van der Waals surface area contributed by atoms with Gasteiger partial charge in [-0.1, -0.05) is 30.1 Å². The van der Waals surface area contributed by atoms with Crippen molar-refractivity contribution in [2.24, 2.45) is 5.92 Å². The molecule has 0 aliphatic carbocycles. The van der Waals surface area contributed by atoms with Crippen molar-refractivity contribution in [3.05, 3.63) is 28.0 Å². The minimum Gasteiger partial charge on any atom is -0.207 e. The standard InChI is InChI=1S/C12H13Cl3FNO2S/c1-7-4-5-17(9(7)6-13)20(18,19)10-3-2-8(14)12(16)11(10)15/h2-3,7,9H,4-6H2,1H3. The van der Waals surface area contributed by atoms with Crippen LogP contribution >= 0.6 is 34.8 Å². The van der Waals surface area contributed by atoms with E-state index in [-0.39, 0.29) is 27.8 Å². The Morgan fingerprint density at radius 3 is 2.65 bits per heavy atom. The Morgan fingerprint density at radius 2 is 2.05 bits per heavy atom. The second-order valence-electron chi connectivity index (χ2n) is 4.78. The SMILES string of the molecule is CC1CCN(S(=O)(=O)c2ccc(Cl)c(F)c2Cl)C1CCl. The molecule has 1 fully saturated rings. The van der Waals surface area contributed by atoms with Gasteiger partial charge in [-0.3, -0.25) is 0 Å². The molecule has 2 unspecified atom stereocenters. The smallest absolute Gasteiger partial charge is 0.207 e. The molecule has 0 spiro atoms. The van der Waals surface area contributed by atoms with Crippen LogP contribution in [-0.4, -0.2) is 31.2 Å². The second-order valence-corrected chi connectivity index (χ2v) is 7.73. The van der Waals surface area contributed by atoms with Gasteiger partial charge in [0.05, 0.1) is 10.0 Å². The Bertz CT molecular complexity index is 623. The summed E-state index contributed by atoms with van der Waals surface area (Å²) in [5, 5.41) is -0.692. The van der Waals surface area contributed by atoms with E-state index in [1.165, 1.54) is 16.4 Å². The van der Waals surface area contributed by atoms with Gasteiger partial charge in [-0.25, -0.2) is 12.8 Å². The summed E-state index contributed by atoms with van der Waals surface area (Å²) in [6.07, 6.45) is 0.713. The quantitative estimate of drug-likeness (QED) is 0.608. The molecule has 1 aliphatic rings. The number of halogens is 4. The normalized spacial score (nSPS) is 24.2. The van der Waals surface area contributed by atoms with Gasteiger partial charge in [-0.15, -0.1) is 11.6 Å². The molecule has 1 aromatic rings. The molecule has 2 rings (SSSR count). The average molecular weight is 361 g/mol. The molecule has 0 bridgehead atoms. The third-order valence-corrected chi connectivity index (χ3v) is 6.63. The number of hydrogen-bond acceptors (Lipinski definition) is 2. The molecule has 1 aromatic carbocycles. The number of sulfonamides is 1. The Balaban J connectivity index is 2.49. The zero-order chi connectivity index (χ0) is 15.1. The van der Waals surface area contributed by atoms with Gasteiger partial charge in [-0.2, -0.15) is 4.31 Å². The van der Waals surface area contributed by atoms with Crippen LogP contribution in [0.5, 0.6) is 0 Å². The molecule has 0 saturated carbocycles. The molecule has 0 amide bonds. The first-order chi connectivity index (χ1) is 9.30. The Morgan fingerprint density at radius 1 is 1.40 bits per heavy atom. The van der Waals surface area contributed by atoms with Gasteiger partial charge in [-0.05, 0) is 24.5 Å². The lowest BCUT2D eigenvalue weighted by molar-refractivity contribution is 0.375. The van der Waals surface area contributed by atoms with Crippen molar-refractivity contribution in [3.8, 4) is 0 Å². The molecule has 1 heterocycles. The predicted octanol–water partition coefficient (Wildman–Crippen LogP) is 3.77. The van der Waals surface area contributed by atoms with Gasteiger partial charge in [0.1, 0.15) is 4.90 Å². The van der Waals surface area contributed by atoms with Crippen molar-refractivity contribution in [3.63, 3.8) is 0 Å². The molecule has 0 radical (unpaired) electrons. The topological polar surface area (TPSA) is 37.4 Å². The van der Waals surface area contributed by atoms with Gasteiger partial charge in [0.2, 0.25) is 10.0 Å². The van der Waals surface area contributed by atoms with Crippen LogP contribution < -0.4 is 0 Å². The third kappa shape index (κ3) is 2.66. The lowest BCUT2D eigenvalue weighted by atomic mass is 10.1. The van der Waals surface area contributed by atoms with Crippen LogP contribution in [0.4, 0.5) is 4.39 Å². The van der Waals surface area contributed by atoms with Crippen molar-refractivity contribution >= 4 is 44.8 Å². The lowest BCUT2D eigenvalue weighted by Gasteiger charge is -2.25. The maximum Gasteiger partial charge on any atom is 0.244 e. The maximum absolute atomic E-state index is 13.7. The van der Waals surface area contributed by atoms with Crippen molar-refractivity contribution in [2.45, 2.75) is 24.3 Å². The fourth-order valence-electron chi connectivity index (χ4n) is 2.33. The number of benzene rings is 1. The summed E-state index contributed by atoms with van der Waals surface area (Å²) in [6, 6.07) is 2.10. The van der Waals surface area contributed by atoms with Gasteiger partial charge in [0.15, 0.2) is 5.82 Å². The zero-order valence-corrected chi connectivity index (χ0v) is 13.7. The Kier molecular flexibility index (Phi) is 4.87. The summed E-state index contributed by atoms with van der Waals surface area (Å²) < 4.78 is 40.2. The van der Waals surface area contributed by atoms with Crippen LogP contribution in [0.2, 0.25) is 10.0 Å².